The second-order valence-corrected chi connectivity index (χ2v) is 12.6. The van der Waals surface area contributed by atoms with Gasteiger partial charge in [0.2, 0.25) is 0 Å². The largest absolute Gasteiger partial charge is 0.397 e. The molecule has 3 N–H and O–H groups in total. The maximum atomic E-state index is 13.0. The lowest BCUT2D eigenvalue weighted by Gasteiger charge is -2.31. The molecule has 0 aliphatic rings. The summed E-state index contributed by atoms with van der Waals surface area (Å²) in [5.74, 6) is -0.213. The zero-order valence-corrected chi connectivity index (χ0v) is 24.4. The number of amides is 1. The molecule has 200 valence electrons. The second kappa shape index (κ2) is 15.5. The van der Waals surface area contributed by atoms with E-state index in [4.69, 9.17) is 23.8 Å². The van der Waals surface area contributed by atoms with Crippen molar-refractivity contribution in [3.05, 3.63) is 71.1 Å². The summed E-state index contributed by atoms with van der Waals surface area (Å²) in [5, 5.41) is 4.93. The molecule has 0 saturated carbocycles. The third-order valence-electron chi connectivity index (χ3n) is 5.25. The highest BCUT2D eigenvalue weighted by Gasteiger charge is 2.34. The van der Waals surface area contributed by atoms with Gasteiger partial charge in [0, 0.05) is 10.4 Å². The van der Waals surface area contributed by atoms with E-state index >= 15 is 0 Å². The first kappa shape index (κ1) is 29.7. The van der Waals surface area contributed by atoms with Gasteiger partial charge in [0.05, 0.1) is 37.8 Å². The van der Waals surface area contributed by atoms with Crippen LogP contribution in [0.2, 0.25) is 0 Å². The molecular formula is C27H36N2O5P2S. The number of benzene rings is 2. The molecule has 0 unspecified atom stereocenters. The van der Waals surface area contributed by atoms with Crippen molar-refractivity contribution in [1.29, 1.82) is 0 Å². The average molecular weight is 563 g/mol. The Morgan fingerprint density at radius 2 is 1.49 bits per heavy atom. The predicted octanol–water partition coefficient (Wildman–Crippen LogP) is 7.89. The molecule has 0 aliphatic carbocycles. The number of anilines is 2. The van der Waals surface area contributed by atoms with Crippen LogP contribution in [0.4, 0.5) is 11.4 Å². The highest BCUT2D eigenvalue weighted by Crippen LogP contribution is 2.61. The van der Waals surface area contributed by atoms with E-state index in [1.165, 1.54) is 0 Å². The Bertz CT molecular complexity index is 1070. The van der Waals surface area contributed by atoms with Gasteiger partial charge in [-0.2, -0.15) is 0 Å². The molecule has 1 heterocycles. The van der Waals surface area contributed by atoms with Crippen LogP contribution in [0.15, 0.2) is 60.0 Å². The first-order chi connectivity index (χ1) is 18.0. The van der Waals surface area contributed by atoms with E-state index < -0.39 is 16.8 Å². The van der Waals surface area contributed by atoms with E-state index in [1.807, 2.05) is 87.7 Å². The highest BCUT2D eigenvalue weighted by molar-refractivity contribution is 7.66. The van der Waals surface area contributed by atoms with E-state index in [9.17, 15) is 4.79 Å². The Morgan fingerprint density at radius 1 is 0.892 bits per heavy atom. The molecule has 10 heteroatoms. The van der Waals surface area contributed by atoms with Crippen LogP contribution in [0.3, 0.4) is 0 Å². The first-order valence-corrected chi connectivity index (χ1v) is 15.8. The van der Waals surface area contributed by atoms with Crippen LogP contribution in [0.25, 0.3) is 10.4 Å². The summed E-state index contributed by atoms with van der Waals surface area (Å²) in [6.07, 6.45) is 0.662. The summed E-state index contributed by atoms with van der Waals surface area (Å²) in [6, 6.07) is 17.3. The third kappa shape index (κ3) is 8.56. The maximum absolute atomic E-state index is 13.0. The topological polar surface area (TPSA) is 92.0 Å². The Morgan fingerprint density at radius 3 is 2.00 bits per heavy atom. The van der Waals surface area contributed by atoms with E-state index in [-0.39, 0.29) is 11.3 Å². The number of hydrogen-bond donors (Lipinski definition) is 2. The molecule has 2 aromatic carbocycles. The summed E-state index contributed by atoms with van der Waals surface area (Å²) in [6.45, 7) is 10.1. The van der Waals surface area contributed by atoms with Crippen LogP contribution in [-0.2, 0) is 24.5 Å². The van der Waals surface area contributed by atoms with E-state index in [0.29, 0.717) is 49.8 Å². The van der Waals surface area contributed by atoms with Crippen LogP contribution < -0.4 is 11.1 Å². The Labute approximate surface area is 226 Å². The number of rotatable bonds is 15. The van der Waals surface area contributed by atoms with Crippen LogP contribution in [0.1, 0.15) is 43.6 Å². The van der Waals surface area contributed by atoms with E-state index in [2.05, 4.69) is 5.32 Å². The van der Waals surface area contributed by atoms with E-state index in [1.54, 1.807) is 11.3 Å². The van der Waals surface area contributed by atoms with Gasteiger partial charge in [0.25, 0.3) is 5.91 Å². The monoisotopic (exact) mass is 562 g/mol. The van der Waals surface area contributed by atoms with Crippen molar-refractivity contribution >= 4 is 45.4 Å². The zero-order chi connectivity index (χ0) is 26.6. The summed E-state index contributed by atoms with van der Waals surface area (Å²) >= 11 is 1.64. The van der Waals surface area contributed by atoms with Crippen LogP contribution in [-0.4, -0.2) is 37.7 Å². The van der Waals surface area contributed by atoms with Gasteiger partial charge in [0.1, 0.15) is 5.40 Å². The van der Waals surface area contributed by atoms with Crippen molar-refractivity contribution in [3.63, 3.8) is 0 Å². The molecular weight excluding hydrogens is 526 g/mol. The van der Waals surface area contributed by atoms with Gasteiger partial charge in [-0.05, 0) is 81.0 Å². The van der Waals surface area contributed by atoms with Crippen LogP contribution >= 0.6 is 28.1 Å². The lowest BCUT2D eigenvalue weighted by Crippen LogP contribution is -2.15. The van der Waals surface area contributed by atoms with Gasteiger partial charge >= 0.3 is 0 Å². The molecule has 0 saturated heterocycles. The molecule has 0 atom stereocenters. The van der Waals surface area contributed by atoms with Crippen molar-refractivity contribution in [2.24, 2.45) is 0 Å². The number of nitrogens with one attached hydrogen (secondary N) is 1. The predicted molar refractivity (Wildman–Crippen MR) is 156 cm³/mol. The Balaban J connectivity index is 1.75. The average Bonchev–Trinajstić information content (AvgIpc) is 3.44. The van der Waals surface area contributed by atoms with Crippen LogP contribution in [0.5, 0.6) is 0 Å². The van der Waals surface area contributed by atoms with Gasteiger partial charge in [-0.25, -0.2) is 0 Å². The number of hydrogen-bond acceptors (Lipinski definition) is 7. The van der Waals surface area contributed by atoms with Crippen molar-refractivity contribution in [1.82, 2.24) is 0 Å². The summed E-state index contributed by atoms with van der Waals surface area (Å²) in [7, 11) is -2.40. The smallest absolute Gasteiger partial charge is 0.255 e. The molecule has 0 bridgehead atoms. The SMILES string of the molecule is CCOP(OCC)C(Cc1ccc(C(=O)Nc2cc(-c3cccs3)ccc2N)cc1)P(OCC)OCC. The fourth-order valence-corrected chi connectivity index (χ4v) is 8.33. The van der Waals surface area contributed by atoms with Gasteiger partial charge in [-0.3, -0.25) is 4.79 Å². The number of carbonyl (C=O) groups is 1. The van der Waals surface area contributed by atoms with Crippen molar-refractivity contribution in [2.75, 3.05) is 37.5 Å². The van der Waals surface area contributed by atoms with Crippen molar-refractivity contribution in [3.8, 4) is 10.4 Å². The number of carbonyl (C=O) groups excluding carboxylic acids is 1. The first-order valence-electron chi connectivity index (χ1n) is 12.4. The van der Waals surface area contributed by atoms with Crippen LogP contribution in [0, 0.1) is 0 Å². The standard InChI is InChI=1S/C27H36N2O5P2S/c1-5-31-35(32-6-2)26(36(33-7-3)34-8-4)18-20-11-13-21(14-12-20)27(30)29-24-19-22(15-16-23(24)28)25-10-9-17-37-25/h9-17,19,26H,5-8,18,28H2,1-4H3,(H,29,30). The Hall–Kier alpha value is -1.89. The minimum Gasteiger partial charge on any atom is -0.397 e. The fourth-order valence-electron chi connectivity index (χ4n) is 3.61. The number of thiophene rings is 1. The lowest BCUT2D eigenvalue weighted by molar-refractivity contribution is 0.102. The third-order valence-corrected chi connectivity index (χ3v) is 10.7. The molecule has 0 aliphatic heterocycles. The van der Waals surface area contributed by atoms with Gasteiger partial charge in [-0.15, -0.1) is 11.3 Å². The minimum atomic E-state index is -1.20. The molecule has 7 nitrogen and oxygen atoms in total. The zero-order valence-electron chi connectivity index (χ0n) is 21.8. The molecule has 1 amide bonds. The van der Waals surface area contributed by atoms with Crippen molar-refractivity contribution in [2.45, 2.75) is 39.5 Å². The summed E-state index contributed by atoms with van der Waals surface area (Å²) in [4.78, 5) is 14.1. The molecule has 1 aromatic heterocycles. The Kier molecular flexibility index (Phi) is 12.4. The molecule has 0 spiro atoms. The molecule has 0 fully saturated rings. The quantitative estimate of drug-likeness (QED) is 0.145. The van der Waals surface area contributed by atoms with Crippen molar-refractivity contribution < 1.29 is 22.9 Å². The highest BCUT2D eigenvalue weighted by atomic mass is 32.1. The molecule has 3 aromatic rings. The fraction of sp³-hybridized carbons (Fsp3) is 0.370. The second-order valence-electron chi connectivity index (χ2n) is 7.86. The van der Waals surface area contributed by atoms with E-state index in [0.717, 1.165) is 16.0 Å². The van der Waals surface area contributed by atoms with Gasteiger partial charge in [0.15, 0.2) is 16.8 Å². The summed E-state index contributed by atoms with van der Waals surface area (Å²) in [5.41, 5.74) is 9.89. The molecule has 37 heavy (non-hydrogen) atoms. The normalized spacial score (nSPS) is 11.5. The van der Waals surface area contributed by atoms with Gasteiger partial charge in [-0.1, -0.05) is 24.3 Å². The maximum Gasteiger partial charge on any atom is 0.255 e. The lowest BCUT2D eigenvalue weighted by atomic mass is 10.1. The molecule has 3 rings (SSSR count). The number of nitrogens with two attached hydrogens (primary N) is 1. The molecule has 0 radical (unpaired) electrons. The number of nitrogen functional groups attached to an aromatic ring is 1. The summed E-state index contributed by atoms with van der Waals surface area (Å²) < 4.78 is 24.0. The minimum absolute atomic E-state index is 0.0516. The van der Waals surface area contributed by atoms with Gasteiger partial charge < -0.3 is 29.1 Å².